The van der Waals surface area contributed by atoms with Crippen molar-refractivity contribution in [2.45, 2.75) is 46.6 Å². The van der Waals surface area contributed by atoms with E-state index in [0.29, 0.717) is 11.8 Å². The van der Waals surface area contributed by atoms with Crippen LogP contribution in [0.3, 0.4) is 0 Å². The smallest absolute Gasteiger partial charge is 0.317 e. The molecule has 5 nitrogen and oxygen atoms in total. The summed E-state index contributed by atoms with van der Waals surface area (Å²) in [5, 5.41) is 17.8. The van der Waals surface area contributed by atoms with E-state index in [1.807, 2.05) is 0 Å². The van der Waals surface area contributed by atoms with Crippen LogP contribution in [0.25, 0.3) is 0 Å². The Morgan fingerprint density at radius 1 is 0.889 bits per heavy atom. The molecule has 18 heavy (non-hydrogen) atoms. The number of hydrogen-bond donors (Lipinski definition) is 2. The lowest BCUT2D eigenvalue weighted by molar-refractivity contribution is -0.143. The van der Waals surface area contributed by atoms with Gasteiger partial charge in [-0.3, -0.25) is 14.5 Å². The fourth-order valence-corrected chi connectivity index (χ4v) is 2.14. The molecule has 106 valence electrons. The van der Waals surface area contributed by atoms with E-state index in [2.05, 4.69) is 27.7 Å². The van der Waals surface area contributed by atoms with Gasteiger partial charge in [-0.25, -0.2) is 0 Å². The van der Waals surface area contributed by atoms with Gasteiger partial charge >= 0.3 is 11.9 Å². The molecule has 0 aromatic heterocycles. The number of carbonyl (C=O) groups is 2. The largest absolute Gasteiger partial charge is 0.480 e. The number of nitrogens with zero attached hydrogens (tertiary/aromatic N) is 1. The van der Waals surface area contributed by atoms with E-state index < -0.39 is 11.9 Å². The summed E-state index contributed by atoms with van der Waals surface area (Å²) in [4.78, 5) is 23.2. The zero-order chi connectivity index (χ0) is 14.3. The highest BCUT2D eigenvalue weighted by atomic mass is 16.4. The van der Waals surface area contributed by atoms with Crippen LogP contribution in [-0.2, 0) is 9.59 Å². The first-order chi connectivity index (χ1) is 8.22. The van der Waals surface area contributed by atoms with E-state index in [-0.39, 0.29) is 19.1 Å². The molecule has 0 fully saturated rings. The quantitative estimate of drug-likeness (QED) is 0.661. The van der Waals surface area contributed by atoms with Gasteiger partial charge in [0, 0.05) is 6.04 Å². The lowest BCUT2D eigenvalue weighted by Gasteiger charge is -2.31. The summed E-state index contributed by atoms with van der Waals surface area (Å²) >= 11 is 0. The van der Waals surface area contributed by atoms with Crippen molar-refractivity contribution in [3.05, 3.63) is 0 Å². The van der Waals surface area contributed by atoms with E-state index in [9.17, 15) is 9.59 Å². The number of carboxylic acid groups (broad SMARTS) is 2. The second kappa shape index (κ2) is 8.08. The average molecular weight is 259 g/mol. The maximum Gasteiger partial charge on any atom is 0.317 e. The first-order valence-corrected chi connectivity index (χ1v) is 6.40. The van der Waals surface area contributed by atoms with Crippen molar-refractivity contribution in [2.75, 3.05) is 13.1 Å². The van der Waals surface area contributed by atoms with E-state index in [0.717, 1.165) is 12.8 Å². The fourth-order valence-electron chi connectivity index (χ4n) is 2.14. The molecule has 0 amide bonds. The van der Waals surface area contributed by atoms with Crippen molar-refractivity contribution in [3.63, 3.8) is 0 Å². The summed E-state index contributed by atoms with van der Waals surface area (Å²) in [7, 11) is 0. The molecule has 0 unspecified atom stereocenters. The van der Waals surface area contributed by atoms with Crippen molar-refractivity contribution in [2.24, 2.45) is 11.8 Å². The minimum absolute atomic E-state index is 0.0113. The molecule has 0 radical (unpaired) electrons. The maximum atomic E-state index is 10.8. The van der Waals surface area contributed by atoms with Crippen LogP contribution in [0.5, 0.6) is 0 Å². The van der Waals surface area contributed by atoms with Gasteiger partial charge in [0.25, 0.3) is 0 Å². The second-order valence-corrected chi connectivity index (χ2v) is 5.61. The van der Waals surface area contributed by atoms with E-state index >= 15 is 0 Å². The van der Waals surface area contributed by atoms with E-state index in [4.69, 9.17) is 10.2 Å². The highest BCUT2D eigenvalue weighted by molar-refractivity contribution is 5.72. The van der Waals surface area contributed by atoms with E-state index in [1.165, 1.54) is 0 Å². The molecular formula is C13H25NO4. The number of carboxylic acids is 2. The zero-order valence-electron chi connectivity index (χ0n) is 11.7. The fraction of sp³-hybridized carbons (Fsp3) is 0.846. The molecule has 2 N–H and O–H groups in total. The Hall–Kier alpha value is -1.10. The third-order valence-corrected chi connectivity index (χ3v) is 2.68. The zero-order valence-corrected chi connectivity index (χ0v) is 11.7. The first kappa shape index (κ1) is 16.9. The summed E-state index contributed by atoms with van der Waals surface area (Å²) in [6.45, 7) is 7.83. The van der Waals surface area contributed by atoms with Crippen LogP contribution in [0.1, 0.15) is 40.5 Å². The van der Waals surface area contributed by atoms with Crippen molar-refractivity contribution in [1.82, 2.24) is 4.90 Å². The van der Waals surface area contributed by atoms with Gasteiger partial charge in [0.1, 0.15) is 0 Å². The molecule has 0 saturated heterocycles. The maximum absolute atomic E-state index is 10.8. The Morgan fingerprint density at radius 3 is 1.44 bits per heavy atom. The van der Waals surface area contributed by atoms with Crippen molar-refractivity contribution in [3.8, 4) is 0 Å². The highest BCUT2D eigenvalue weighted by Crippen LogP contribution is 2.19. The Kier molecular flexibility index (Phi) is 7.59. The lowest BCUT2D eigenvalue weighted by Crippen LogP contribution is -2.43. The molecule has 0 rings (SSSR count). The van der Waals surface area contributed by atoms with Gasteiger partial charge in [-0.05, 0) is 24.7 Å². The SMILES string of the molecule is CC(C)CC(CC(C)C)N(CC(=O)O)CC(=O)O. The minimum atomic E-state index is -0.978. The predicted octanol–water partition coefficient (Wildman–Crippen LogP) is 1.92. The Balaban J connectivity index is 4.79. The molecule has 0 aliphatic heterocycles. The third-order valence-electron chi connectivity index (χ3n) is 2.68. The summed E-state index contributed by atoms with van der Waals surface area (Å²) in [5.41, 5.74) is 0. The molecule has 0 bridgehead atoms. The van der Waals surface area contributed by atoms with Gasteiger partial charge in [0.15, 0.2) is 0 Å². The van der Waals surface area contributed by atoms with Crippen LogP contribution in [0, 0.1) is 11.8 Å². The molecule has 0 aliphatic carbocycles. The van der Waals surface area contributed by atoms with Crippen LogP contribution < -0.4 is 0 Å². The van der Waals surface area contributed by atoms with Gasteiger partial charge in [0.05, 0.1) is 13.1 Å². The lowest BCUT2D eigenvalue weighted by atomic mass is 9.94. The molecule has 0 spiro atoms. The topological polar surface area (TPSA) is 77.8 Å². The summed E-state index contributed by atoms with van der Waals surface area (Å²) in [6, 6.07) is 0.0113. The van der Waals surface area contributed by atoms with Gasteiger partial charge < -0.3 is 10.2 Å². The summed E-state index contributed by atoms with van der Waals surface area (Å²) in [5.74, 6) is -1.12. The predicted molar refractivity (Wildman–Crippen MR) is 69.5 cm³/mol. The number of rotatable bonds is 9. The van der Waals surface area contributed by atoms with Crippen LogP contribution >= 0.6 is 0 Å². The molecule has 0 aromatic rings. The van der Waals surface area contributed by atoms with Crippen LogP contribution in [-0.4, -0.2) is 46.2 Å². The molecular weight excluding hydrogens is 234 g/mol. The number of aliphatic carboxylic acids is 2. The molecule has 0 aromatic carbocycles. The summed E-state index contributed by atoms with van der Waals surface area (Å²) in [6.07, 6.45) is 1.64. The van der Waals surface area contributed by atoms with Crippen LogP contribution in [0.4, 0.5) is 0 Å². The minimum Gasteiger partial charge on any atom is -0.480 e. The Bertz CT molecular complexity index is 250. The van der Waals surface area contributed by atoms with Gasteiger partial charge in [-0.15, -0.1) is 0 Å². The van der Waals surface area contributed by atoms with Gasteiger partial charge in [-0.1, -0.05) is 27.7 Å². The first-order valence-electron chi connectivity index (χ1n) is 6.40. The number of hydrogen-bond acceptors (Lipinski definition) is 3. The van der Waals surface area contributed by atoms with Crippen LogP contribution in [0.15, 0.2) is 0 Å². The van der Waals surface area contributed by atoms with Gasteiger partial charge in [-0.2, -0.15) is 0 Å². The van der Waals surface area contributed by atoms with Crippen molar-refractivity contribution >= 4 is 11.9 Å². The molecule has 5 heteroatoms. The van der Waals surface area contributed by atoms with E-state index in [1.54, 1.807) is 4.90 Å². The monoisotopic (exact) mass is 259 g/mol. The Labute approximate surface area is 109 Å². The van der Waals surface area contributed by atoms with Crippen LogP contribution in [0.2, 0.25) is 0 Å². The van der Waals surface area contributed by atoms with Crippen molar-refractivity contribution in [1.29, 1.82) is 0 Å². The highest BCUT2D eigenvalue weighted by Gasteiger charge is 2.24. The average Bonchev–Trinajstić information content (AvgIpc) is 2.12. The summed E-state index contributed by atoms with van der Waals surface area (Å²) < 4.78 is 0. The molecule has 0 heterocycles. The Morgan fingerprint density at radius 2 is 1.22 bits per heavy atom. The molecule has 0 aliphatic rings. The normalized spacial score (nSPS) is 11.8. The second-order valence-electron chi connectivity index (χ2n) is 5.61. The van der Waals surface area contributed by atoms with Crippen molar-refractivity contribution < 1.29 is 19.8 Å². The third kappa shape index (κ3) is 8.06. The van der Waals surface area contributed by atoms with Gasteiger partial charge in [0.2, 0.25) is 0 Å². The standard InChI is InChI=1S/C13H25NO4/c1-9(2)5-11(6-10(3)4)14(7-12(15)16)8-13(17)18/h9-11H,5-8H2,1-4H3,(H,15,16)(H,17,18). The molecule has 0 atom stereocenters. The molecule has 0 saturated carbocycles.